The molecule has 102 valence electrons. The molecule has 1 unspecified atom stereocenters. The zero-order valence-corrected chi connectivity index (χ0v) is 12.4. The Kier molecular flexibility index (Phi) is 6.13. The molecule has 1 rings (SSSR count). The highest BCUT2D eigenvalue weighted by atomic mass is 15.2. The minimum absolute atomic E-state index is 0.371. The second-order valence-corrected chi connectivity index (χ2v) is 5.02. The van der Waals surface area contributed by atoms with Gasteiger partial charge in [0, 0.05) is 24.8 Å². The van der Waals surface area contributed by atoms with Crippen molar-refractivity contribution in [1.29, 1.82) is 0 Å². The molecule has 1 aromatic heterocycles. The first-order valence-corrected chi connectivity index (χ1v) is 7.06. The molecule has 0 aromatic carbocycles. The summed E-state index contributed by atoms with van der Waals surface area (Å²) in [7, 11) is 0. The number of anilines is 1. The largest absolute Gasteiger partial charge is 0.354 e. The maximum atomic E-state index is 4.61. The third-order valence-corrected chi connectivity index (χ3v) is 3.16. The smallest absolute Gasteiger partial charge is 0.128 e. The standard InChI is InChI=1S/C15H27N3/c1-6-10-18(12(3)4)15-9-8-14(11-17-15)13(5)16-7-2/h8-9,11-13,16H,6-7,10H2,1-5H3. The quantitative estimate of drug-likeness (QED) is 0.803. The van der Waals surface area contributed by atoms with E-state index in [0.29, 0.717) is 12.1 Å². The number of aromatic nitrogens is 1. The number of rotatable bonds is 7. The van der Waals surface area contributed by atoms with Crippen LogP contribution in [0.4, 0.5) is 5.82 Å². The van der Waals surface area contributed by atoms with Gasteiger partial charge in [0.25, 0.3) is 0 Å². The molecule has 3 nitrogen and oxygen atoms in total. The van der Waals surface area contributed by atoms with E-state index in [9.17, 15) is 0 Å². The predicted octanol–water partition coefficient (Wildman–Crippen LogP) is 3.38. The van der Waals surface area contributed by atoms with Crippen molar-refractivity contribution in [1.82, 2.24) is 10.3 Å². The van der Waals surface area contributed by atoms with Crippen molar-refractivity contribution < 1.29 is 0 Å². The van der Waals surface area contributed by atoms with E-state index in [1.54, 1.807) is 0 Å². The summed E-state index contributed by atoms with van der Waals surface area (Å²) in [5.74, 6) is 1.08. The summed E-state index contributed by atoms with van der Waals surface area (Å²) in [5, 5.41) is 3.40. The highest BCUT2D eigenvalue weighted by molar-refractivity contribution is 5.40. The van der Waals surface area contributed by atoms with Crippen LogP contribution in [0, 0.1) is 0 Å². The highest BCUT2D eigenvalue weighted by Gasteiger charge is 2.11. The van der Waals surface area contributed by atoms with Crippen molar-refractivity contribution in [3.05, 3.63) is 23.9 Å². The van der Waals surface area contributed by atoms with Crippen molar-refractivity contribution in [3.8, 4) is 0 Å². The Morgan fingerprint density at radius 2 is 1.94 bits per heavy atom. The molecule has 0 aliphatic heterocycles. The van der Waals surface area contributed by atoms with E-state index < -0.39 is 0 Å². The Labute approximate surface area is 112 Å². The van der Waals surface area contributed by atoms with Crippen LogP contribution in [-0.2, 0) is 0 Å². The zero-order valence-electron chi connectivity index (χ0n) is 12.4. The van der Waals surface area contributed by atoms with E-state index in [4.69, 9.17) is 0 Å². The number of hydrogen-bond donors (Lipinski definition) is 1. The molecule has 1 aromatic rings. The topological polar surface area (TPSA) is 28.2 Å². The van der Waals surface area contributed by atoms with E-state index in [1.165, 1.54) is 5.56 Å². The fourth-order valence-electron chi connectivity index (χ4n) is 2.13. The van der Waals surface area contributed by atoms with E-state index in [2.05, 4.69) is 62.0 Å². The summed E-state index contributed by atoms with van der Waals surface area (Å²) in [4.78, 5) is 6.96. The van der Waals surface area contributed by atoms with Crippen LogP contribution in [0.25, 0.3) is 0 Å². The molecule has 18 heavy (non-hydrogen) atoms. The summed E-state index contributed by atoms with van der Waals surface area (Å²) in [6.45, 7) is 13.0. The van der Waals surface area contributed by atoms with E-state index in [-0.39, 0.29) is 0 Å². The van der Waals surface area contributed by atoms with E-state index >= 15 is 0 Å². The number of nitrogens with one attached hydrogen (secondary N) is 1. The Balaban J connectivity index is 2.80. The molecule has 1 N–H and O–H groups in total. The lowest BCUT2D eigenvalue weighted by Crippen LogP contribution is -2.32. The molecule has 0 saturated heterocycles. The molecule has 0 aliphatic carbocycles. The van der Waals surface area contributed by atoms with Gasteiger partial charge in [-0.15, -0.1) is 0 Å². The van der Waals surface area contributed by atoms with Gasteiger partial charge >= 0.3 is 0 Å². The fourth-order valence-corrected chi connectivity index (χ4v) is 2.13. The molecule has 0 amide bonds. The Morgan fingerprint density at radius 1 is 1.22 bits per heavy atom. The van der Waals surface area contributed by atoms with E-state index in [0.717, 1.165) is 25.3 Å². The Bertz CT molecular complexity index is 332. The molecule has 0 bridgehead atoms. The van der Waals surface area contributed by atoms with Crippen LogP contribution >= 0.6 is 0 Å². The van der Waals surface area contributed by atoms with Crippen LogP contribution in [0.1, 0.15) is 52.6 Å². The average molecular weight is 249 g/mol. The highest BCUT2D eigenvalue weighted by Crippen LogP contribution is 2.18. The van der Waals surface area contributed by atoms with Gasteiger partial charge in [-0.3, -0.25) is 0 Å². The van der Waals surface area contributed by atoms with Crippen molar-refractivity contribution in [2.75, 3.05) is 18.0 Å². The normalized spacial score (nSPS) is 12.8. The van der Waals surface area contributed by atoms with Gasteiger partial charge in [0.05, 0.1) is 0 Å². The third-order valence-electron chi connectivity index (χ3n) is 3.16. The summed E-state index contributed by atoms with van der Waals surface area (Å²) < 4.78 is 0. The SMILES string of the molecule is CCCN(c1ccc(C(C)NCC)cn1)C(C)C. The van der Waals surface area contributed by atoms with Crippen LogP contribution in [0.5, 0.6) is 0 Å². The average Bonchev–Trinajstić information content (AvgIpc) is 2.36. The molecule has 0 radical (unpaired) electrons. The molecular weight excluding hydrogens is 222 g/mol. The molecule has 1 atom stereocenters. The lowest BCUT2D eigenvalue weighted by atomic mass is 10.1. The molecule has 0 aliphatic rings. The van der Waals surface area contributed by atoms with Gasteiger partial charge in [-0.1, -0.05) is 19.9 Å². The minimum atomic E-state index is 0.371. The molecular formula is C15H27N3. The summed E-state index contributed by atoms with van der Waals surface area (Å²) >= 11 is 0. The number of pyridine rings is 1. The first-order chi connectivity index (χ1) is 8.60. The number of nitrogens with zero attached hydrogens (tertiary/aromatic N) is 2. The van der Waals surface area contributed by atoms with Gasteiger partial charge in [-0.25, -0.2) is 4.98 Å². The maximum Gasteiger partial charge on any atom is 0.128 e. The lowest BCUT2D eigenvalue weighted by Gasteiger charge is -2.27. The first-order valence-electron chi connectivity index (χ1n) is 7.06. The summed E-state index contributed by atoms with van der Waals surface area (Å²) in [6.07, 6.45) is 3.14. The maximum absolute atomic E-state index is 4.61. The second kappa shape index (κ2) is 7.37. The van der Waals surface area contributed by atoms with Crippen LogP contribution in [0.2, 0.25) is 0 Å². The van der Waals surface area contributed by atoms with Crippen LogP contribution in [-0.4, -0.2) is 24.1 Å². The van der Waals surface area contributed by atoms with Crippen molar-refractivity contribution in [3.63, 3.8) is 0 Å². The van der Waals surface area contributed by atoms with Crippen LogP contribution in [0.15, 0.2) is 18.3 Å². The molecule has 0 fully saturated rings. The first kappa shape index (κ1) is 15.0. The molecule has 1 heterocycles. The van der Waals surface area contributed by atoms with Crippen molar-refractivity contribution in [2.24, 2.45) is 0 Å². The second-order valence-electron chi connectivity index (χ2n) is 5.02. The monoisotopic (exact) mass is 249 g/mol. The van der Waals surface area contributed by atoms with Crippen molar-refractivity contribution in [2.45, 2.75) is 53.1 Å². The Hall–Kier alpha value is -1.09. The van der Waals surface area contributed by atoms with Crippen molar-refractivity contribution >= 4 is 5.82 Å². The van der Waals surface area contributed by atoms with Gasteiger partial charge in [0.1, 0.15) is 5.82 Å². The molecule has 0 saturated carbocycles. The third kappa shape index (κ3) is 3.98. The summed E-state index contributed by atoms with van der Waals surface area (Å²) in [6, 6.07) is 5.18. The van der Waals surface area contributed by atoms with Gasteiger partial charge in [0.15, 0.2) is 0 Å². The molecule has 3 heteroatoms. The fraction of sp³-hybridized carbons (Fsp3) is 0.667. The predicted molar refractivity (Wildman–Crippen MR) is 79.1 cm³/mol. The van der Waals surface area contributed by atoms with Crippen LogP contribution < -0.4 is 10.2 Å². The molecule has 0 spiro atoms. The number of hydrogen-bond acceptors (Lipinski definition) is 3. The summed E-state index contributed by atoms with van der Waals surface area (Å²) in [5.41, 5.74) is 1.25. The van der Waals surface area contributed by atoms with Crippen LogP contribution in [0.3, 0.4) is 0 Å². The van der Waals surface area contributed by atoms with Gasteiger partial charge in [-0.2, -0.15) is 0 Å². The lowest BCUT2D eigenvalue weighted by molar-refractivity contribution is 0.595. The van der Waals surface area contributed by atoms with Gasteiger partial charge in [-0.05, 0) is 45.4 Å². The Morgan fingerprint density at radius 3 is 2.39 bits per heavy atom. The zero-order chi connectivity index (χ0) is 13.5. The van der Waals surface area contributed by atoms with Gasteiger partial charge < -0.3 is 10.2 Å². The van der Waals surface area contributed by atoms with E-state index in [1.807, 2.05) is 6.20 Å². The minimum Gasteiger partial charge on any atom is -0.354 e. The van der Waals surface area contributed by atoms with Gasteiger partial charge in [0.2, 0.25) is 0 Å².